The van der Waals surface area contributed by atoms with Gasteiger partial charge in [0.1, 0.15) is 10.8 Å². The number of nitrogens with zero attached hydrogens (tertiary/aromatic N) is 2. The molecule has 0 radical (unpaired) electrons. The van der Waals surface area contributed by atoms with E-state index in [2.05, 4.69) is 34.7 Å². The Balaban J connectivity index is 1.77. The van der Waals surface area contributed by atoms with Gasteiger partial charge in [-0.15, -0.1) is 10.2 Å². The number of aromatic nitrogens is 2. The number of rotatable bonds is 4. The summed E-state index contributed by atoms with van der Waals surface area (Å²) in [5.41, 5.74) is -1.12. The van der Waals surface area contributed by atoms with Crippen LogP contribution in [0.5, 0.6) is 5.75 Å². The van der Waals surface area contributed by atoms with Crippen LogP contribution in [0.3, 0.4) is 0 Å². The molecule has 2 amide bonds. The van der Waals surface area contributed by atoms with Crippen LogP contribution in [0.1, 0.15) is 25.8 Å². The lowest BCUT2D eigenvalue weighted by molar-refractivity contribution is -0.143. The van der Waals surface area contributed by atoms with Crippen molar-refractivity contribution >= 4 is 34.0 Å². The van der Waals surface area contributed by atoms with E-state index in [4.69, 9.17) is 4.74 Å². The van der Waals surface area contributed by atoms with Gasteiger partial charge in [0.2, 0.25) is 5.13 Å². The van der Waals surface area contributed by atoms with Gasteiger partial charge < -0.3 is 10.1 Å². The fraction of sp³-hybridized carbons (Fsp3) is 0.375. The Morgan fingerprint density at radius 1 is 1.38 bits per heavy atom. The number of nitrogens with one attached hydrogen (secondary N) is 2. The van der Waals surface area contributed by atoms with Gasteiger partial charge in [-0.2, -0.15) is 0 Å². The number of benzene rings is 1. The molecule has 2 heterocycles. The number of carbonyl (C=O) groups is 2. The number of amides is 2. The molecule has 3 rings (SSSR count). The van der Waals surface area contributed by atoms with Crippen LogP contribution in [0, 0.1) is 5.92 Å². The van der Waals surface area contributed by atoms with Crippen LogP contribution in [0.2, 0.25) is 0 Å². The van der Waals surface area contributed by atoms with Crippen molar-refractivity contribution in [2.75, 3.05) is 10.6 Å². The molecule has 0 spiro atoms. The number of fused-ring (bicyclic) bond motifs is 1. The average Bonchev–Trinajstić information content (AvgIpc) is 2.94. The monoisotopic (exact) mass is 346 g/mol. The highest BCUT2D eigenvalue weighted by Gasteiger charge is 2.47. The second kappa shape index (κ2) is 6.20. The van der Waals surface area contributed by atoms with Crippen molar-refractivity contribution < 1.29 is 14.3 Å². The van der Waals surface area contributed by atoms with Crippen LogP contribution in [-0.2, 0) is 16.0 Å². The van der Waals surface area contributed by atoms with E-state index in [0.717, 1.165) is 11.4 Å². The Bertz CT molecular complexity index is 789. The zero-order chi connectivity index (χ0) is 17.3. The molecule has 0 bridgehead atoms. The maximum atomic E-state index is 12.6. The van der Waals surface area contributed by atoms with E-state index in [1.54, 1.807) is 24.3 Å². The second-order valence-corrected chi connectivity index (χ2v) is 7.20. The summed E-state index contributed by atoms with van der Waals surface area (Å²) < 4.78 is 5.67. The second-order valence-electron chi connectivity index (χ2n) is 6.14. The van der Waals surface area contributed by atoms with Crippen LogP contribution in [-0.4, -0.2) is 27.6 Å². The summed E-state index contributed by atoms with van der Waals surface area (Å²) in [6, 6.07) is 6.97. The quantitative estimate of drug-likeness (QED) is 0.830. The lowest BCUT2D eigenvalue weighted by Gasteiger charge is -2.32. The van der Waals surface area contributed by atoms with E-state index < -0.39 is 17.4 Å². The highest BCUT2D eigenvalue weighted by molar-refractivity contribution is 7.15. The third-order valence-electron chi connectivity index (χ3n) is 3.59. The number of ether oxygens (including phenoxy) is 1. The minimum absolute atomic E-state index is 0.354. The van der Waals surface area contributed by atoms with Gasteiger partial charge in [-0.1, -0.05) is 37.3 Å². The van der Waals surface area contributed by atoms with E-state index in [-0.39, 0.29) is 0 Å². The Morgan fingerprint density at radius 2 is 2.12 bits per heavy atom. The zero-order valence-electron chi connectivity index (χ0n) is 13.6. The lowest BCUT2D eigenvalue weighted by atomic mass is 10.0. The van der Waals surface area contributed by atoms with Crippen molar-refractivity contribution in [3.8, 4) is 5.75 Å². The molecular formula is C16H18N4O3S. The fourth-order valence-corrected chi connectivity index (χ4v) is 3.22. The van der Waals surface area contributed by atoms with Crippen LogP contribution >= 0.6 is 11.3 Å². The number of anilines is 2. The van der Waals surface area contributed by atoms with E-state index in [9.17, 15) is 9.59 Å². The molecule has 1 aromatic heterocycles. The molecule has 8 heteroatoms. The van der Waals surface area contributed by atoms with Gasteiger partial charge in [0, 0.05) is 6.42 Å². The van der Waals surface area contributed by atoms with Crippen molar-refractivity contribution in [2.24, 2.45) is 5.92 Å². The Morgan fingerprint density at radius 3 is 2.88 bits per heavy atom. The summed E-state index contributed by atoms with van der Waals surface area (Å²) in [4.78, 5) is 24.9. The summed E-state index contributed by atoms with van der Waals surface area (Å²) in [6.45, 7) is 5.60. The largest absolute Gasteiger partial charge is 0.466 e. The van der Waals surface area contributed by atoms with E-state index >= 15 is 0 Å². The molecule has 7 nitrogen and oxygen atoms in total. The van der Waals surface area contributed by atoms with Crippen molar-refractivity contribution in [3.05, 3.63) is 29.3 Å². The third kappa shape index (κ3) is 3.09. The summed E-state index contributed by atoms with van der Waals surface area (Å²) >= 11 is 1.30. The van der Waals surface area contributed by atoms with Crippen LogP contribution in [0.15, 0.2) is 24.3 Å². The number of hydrogen-bond donors (Lipinski definition) is 2. The first-order valence-electron chi connectivity index (χ1n) is 7.62. The predicted molar refractivity (Wildman–Crippen MR) is 91.2 cm³/mol. The van der Waals surface area contributed by atoms with Gasteiger partial charge in [-0.25, -0.2) is 0 Å². The molecule has 0 fully saturated rings. The topological polar surface area (TPSA) is 93.2 Å². The normalized spacial score (nSPS) is 19.4. The Kier molecular flexibility index (Phi) is 4.23. The number of para-hydroxylation sites is 2. The van der Waals surface area contributed by atoms with Crippen molar-refractivity contribution in [2.45, 2.75) is 32.8 Å². The highest BCUT2D eigenvalue weighted by Crippen LogP contribution is 2.34. The number of hydrogen-bond acceptors (Lipinski definition) is 6. The van der Waals surface area contributed by atoms with Crippen molar-refractivity contribution in [1.82, 2.24) is 10.2 Å². The summed E-state index contributed by atoms with van der Waals surface area (Å²) in [5.74, 6) is -0.206. The molecule has 2 aromatic rings. The predicted octanol–water partition coefficient (Wildman–Crippen LogP) is 2.46. The highest BCUT2D eigenvalue weighted by atomic mass is 32.1. The molecule has 0 saturated carbocycles. The fourth-order valence-electron chi connectivity index (χ4n) is 2.27. The van der Waals surface area contributed by atoms with Crippen LogP contribution < -0.4 is 15.4 Å². The molecule has 1 unspecified atom stereocenters. The first-order valence-corrected chi connectivity index (χ1v) is 8.43. The summed E-state index contributed by atoms with van der Waals surface area (Å²) in [5, 5.41) is 14.5. The molecule has 2 N–H and O–H groups in total. The third-order valence-corrected chi connectivity index (χ3v) is 4.45. The molecule has 24 heavy (non-hydrogen) atoms. The molecule has 0 aliphatic carbocycles. The summed E-state index contributed by atoms with van der Waals surface area (Å²) in [7, 11) is 0. The van der Waals surface area contributed by atoms with Crippen LogP contribution in [0.25, 0.3) is 0 Å². The van der Waals surface area contributed by atoms with Crippen LogP contribution in [0.4, 0.5) is 10.8 Å². The van der Waals surface area contributed by atoms with Gasteiger partial charge in [-0.3, -0.25) is 14.9 Å². The molecule has 126 valence electrons. The Hall–Kier alpha value is -2.48. The van der Waals surface area contributed by atoms with Gasteiger partial charge in [0.15, 0.2) is 0 Å². The standard InChI is InChI=1S/C16H18N4O3S/c1-9(2)8-12-19-20-15(24-12)18-14(22)16(3)13(21)17-10-6-4-5-7-11(10)23-16/h4-7,9H,8H2,1-3H3,(H,17,21)(H,18,20,22). The van der Waals surface area contributed by atoms with E-state index in [1.807, 2.05) is 0 Å². The van der Waals surface area contributed by atoms with Gasteiger partial charge in [0.05, 0.1) is 5.69 Å². The first kappa shape index (κ1) is 16.4. The van der Waals surface area contributed by atoms with Crippen molar-refractivity contribution in [1.29, 1.82) is 0 Å². The van der Waals surface area contributed by atoms with E-state index in [1.165, 1.54) is 18.3 Å². The SMILES string of the molecule is CC(C)Cc1nnc(NC(=O)C2(C)Oc3ccccc3NC2=O)s1. The molecule has 1 aliphatic heterocycles. The molecule has 1 aromatic carbocycles. The lowest BCUT2D eigenvalue weighted by Crippen LogP contribution is -2.56. The molecule has 0 saturated heterocycles. The van der Waals surface area contributed by atoms with E-state index in [0.29, 0.717) is 22.5 Å². The van der Waals surface area contributed by atoms with Gasteiger partial charge in [0.25, 0.3) is 17.4 Å². The zero-order valence-corrected chi connectivity index (χ0v) is 14.4. The average molecular weight is 346 g/mol. The smallest absolute Gasteiger partial charge is 0.280 e. The summed E-state index contributed by atoms with van der Waals surface area (Å²) in [6.07, 6.45) is 0.787. The maximum absolute atomic E-state index is 12.6. The van der Waals surface area contributed by atoms with Gasteiger partial charge in [-0.05, 0) is 25.0 Å². The minimum atomic E-state index is -1.67. The molecular weight excluding hydrogens is 328 g/mol. The molecule has 1 aliphatic rings. The minimum Gasteiger partial charge on any atom is -0.466 e. The van der Waals surface area contributed by atoms with Crippen molar-refractivity contribution in [3.63, 3.8) is 0 Å². The molecule has 1 atom stereocenters. The van der Waals surface area contributed by atoms with Gasteiger partial charge >= 0.3 is 0 Å². The Labute approximate surface area is 143 Å². The number of carbonyl (C=O) groups excluding carboxylic acids is 2. The maximum Gasteiger partial charge on any atom is 0.280 e. The first-order chi connectivity index (χ1) is 11.4.